The number of imide groups is 1. The monoisotopic (exact) mass is 329 g/mol. The van der Waals surface area contributed by atoms with Crippen LogP contribution in [0.5, 0.6) is 0 Å². The quantitative estimate of drug-likeness (QED) is 0.717. The van der Waals surface area contributed by atoms with Crippen LogP contribution in [-0.4, -0.2) is 27.8 Å². The molecule has 0 unspecified atom stereocenters. The van der Waals surface area contributed by atoms with Crippen LogP contribution in [0.25, 0.3) is 11.7 Å². The average Bonchev–Trinajstić information content (AvgIpc) is 3.25. The zero-order valence-electron chi connectivity index (χ0n) is 11.8. The maximum Gasteiger partial charge on any atom is 0.284 e. The molecule has 0 aliphatic carbocycles. The summed E-state index contributed by atoms with van der Waals surface area (Å²) in [4.78, 5) is 23.6. The molecule has 0 fully saturated rings. The summed E-state index contributed by atoms with van der Waals surface area (Å²) < 4.78 is 10.5. The average molecular weight is 329 g/mol. The third-order valence-electron chi connectivity index (χ3n) is 2.75. The molecule has 8 heteroatoms. The number of carbonyl (C=O) groups is 2. The summed E-state index contributed by atoms with van der Waals surface area (Å²) >= 11 is 1.04. The Morgan fingerprint density at radius 1 is 1.09 bits per heavy atom. The largest absolute Gasteiger partial charge is 0.459 e. The number of aromatic nitrogens is 2. The van der Waals surface area contributed by atoms with Gasteiger partial charge in [-0.3, -0.25) is 14.9 Å². The van der Waals surface area contributed by atoms with Gasteiger partial charge in [0.15, 0.2) is 5.76 Å². The molecule has 0 bridgehead atoms. The molecular weight excluding hydrogens is 318 g/mol. The van der Waals surface area contributed by atoms with E-state index in [1.165, 1.54) is 6.26 Å². The number of furan rings is 1. The SMILES string of the molecule is O=C(CSc1nnc(-c2ccco2)o1)NC(=O)c1ccccc1. The summed E-state index contributed by atoms with van der Waals surface area (Å²) in [6, 6.07) is 11.9. The first-order valence-corrected chi connectivity index (χ1v) is 7.60. The van der Waals surface area contributed by atoms with Gasteiger partial charge in [-0.05, 0) is 24.3 Å². The summed E-state index contributed by atoms with van der Waals surface area (Å²) in [7, 11) is 0. The van der Waals surface area contributed by atoms with Crippen LogP contribution in [0.3, 0.4) is 0 Å². The van der Waals surface area contributed by atoms with Crippen molar-refractivity contribution >= 4 is 23.6 Å². The number of hydrogen-bond acceptors (Lipinski definition) is 7. The van der Waals surface area contributed by atoms with Gasteiger partial charge in [0.05, 0.1) is 12.0 Å². The number of thioether (sulfide) groups is 1. The number of nitrogens with zero attached hydrogens (tertiary/aromatic N) is 2. The fourth-order valence-electron chi connectivity index (χ4n) is 1.72. The Morgan fingerprint density at radius 3 is 2.65 bits per heavy atom. The van der Waals surface area contributed by atoms with E-state index >= 15 is 0 Å². The Balaban J connectivity index is 1.52. The Bertz CT molecular complexity index is 799. The molecule has 7 nitrogen and oxygen atoms in total. The molecule has 0 aliphatic rings. The van der Waals surface area contributed by atoms with Gasteiger partial charge in [-0.2, -0.15) is 0 Å². The highest BCUT2D eigenvalue weighted by Gasteiger charge is 2.14. The third kappa shape index (κ3) is 3.86. The van der Waals surface area contributed by atoms with Crippen LogP contribution in [0, 0.1) is 0 Å². The van der Waals surface area contributed by atoms with Crippen LogP contribution in [-0.2, 0) is 4.79 Å². The van der Waals surface area contributed by atoms with E-state index in [9.17, 15) is 9.59 Å². The van der Waals surface area contributed by atoms with Crippen molar-refractivity contribution < 1.29 is 18.4 Å². The summed E-state index contributed by atoms with van der Waals surface area (Å²) in [5.41, 5.74) is 0.420. The van der Waals surface area contributed by atoms with Crippen LogP contribution in [0.1, 0.15) is 10.4 Å². The summed E-state index contributed by atoms with van der Waals surface area (Å²) in [5.74, 6) is -0.218. The normalized spacial score (nSPS) is 10.4. The van der Waals surface area contributed by atoms with Crippen LogP contribution in [0.2, 0.25) is 0 Å². The highest BCUT2D eigenvalue weighted by molar-refractivity contribution is 7.99. The zero-order valence-corrected chi connectivity index (χ0v) is 12.6. The molecule has 1 N–H and O–H groups in total. The number of benzene rings is 1. The van der Waals surface area contributed by atoms with Gasteiger partial charge in [0.1, 0.15) is 0 Å². The summed E-state index contributed by atoms with van der Waals surface area (Å²) in [5, 5.41) is 10.1. The molecule has 0 saturated carbocycles. The summed E-state index contributed by atoms with van der Waals surface area (Å²) in [6.07, 6.45) is 1.50. The minimum Gasteiger partial charge on any atom is -0.459 e. The highest BCUT2D eigenvalue weighted by atomic mass is 32.2. The lowest BCUT2D eigenvalue weighted by molar-refractivity contribution is -0.117. The van der Waals surface area contributed by atoms with Crippen LogP contribution >= 0.6 is 11.8 Å². The Labute approximate surface area is 135 Å². The Kier molecular flexibility index (Phi) is 4.53. The molecule has 0 spiro atoms. The minimum atomic E-state index is -0.446. The van der Waals surface area contributed by atoms with Crippen LogP contribution < -0.4 is 5.32 Å². The predicted octanol–water partition coefficient (Wildman–Crippen LogP) is 2.38. The molecular formula is C15H11N3O4S. The van der Waals surface area contributed by atoms with Gasteiger partial charge in [-0.1, -0.05) is 30.0 Å². The van der Waals surface area contributed by atoms with Gasteiger partial charge in [0.2, 0.25) is 5.91 Å². The first kappa shape index (κ1) is 15.0. The Morgan fingerprint density at radius 2 is 1.91 bits per heavy atom. The molecule has 23 heavy (non-hydrogen) atoms. The number of rotatable bonds is 5. The highest BCUT2D eigenvalue weighted by Crippen LogP contribution is 2.23. The molecule has 116 valence electrons. The van der Waals surface area contributed by atoms with Crippen molar-refractivity contribution in [3.05, 3.63) is 54.3 Å². The lowest BCUT2D eigenvalue weighted by atomic mass is 10.2. The first-order chi connectivity index (χ1) is 11.2. The van der Waals surface area contributed by atoms with Crippen molar-refractivity contribution in [2.45, 2.75) is 5.22 Å². The van der Waals surface area contributed by atoms with Gasteiger partial charge in [-0.25, -0.2) is 0 Å². The molecule has 3 rings (SSSR count). The topological polar surface area (TPSA) is 98.2 Å². The number of nitrogens with one attached hydrogen (secondary N) is 1. The standard InChI is InChI=1S/C15H11N3O4S/c19-12(16-13(20)10-5-2-1-3-6-10)9-23-15-18-17-14(22-15)11-7-4-8-21-11/h1-8H,9H2,(H,16,19,20). The van der Waals surface area contributed by atoms with Gasteiger partial charge >= 0.3 is 0 Å². The van der Waals surface area contributed by atoms with Crippen LogP contribution in [0.15, 0.2) is 62.8 Å². The van der Waals surface area contributed by atoms with E-state index in [0.29, 0.717) is 11.3 Å². The van der Waals surface area contributed by atoms with Gasteiger partial charge in [-0.15, -0.1) is 10.2 Å². The number of amides is 2. The van der Waals surface area contributed by atoms with E-state index in [4.69, 9.17) is 8.83 Å². The predicted molar refractivity (Wildman–Crippen MR) is 81.6 cm³/mol. The van der Waals surface area contributed by atoms with Crippen molar-refractivity contribution in [3.63, 3.8) is 0 Å². The minimum absolute atomic E-state index is 0.0155. The maximum atomic E-state index is 11.8. The lowest BCUT2D eigenvalue weighted by Gasteiger charge is -2.02. The molecule has 0 aliphatic heterocycles. The van der Waals surface area contributed by atoms with Gasteiger partial charge in [0.25, 0.3) is 17.0 Å². The second kappa shape index (κ2) is 6.93. The molecule has 2 aromatic heterocycles. The van der Waals surface area contributed by atoms with Crippen molar-refractivity contribution in [1.29, 1.82) is 0 Å². The molecule has 3 aromatic rings. The summed E-state index contributed by atoms with van der Waals surface area (Å²) in [6.45, 7) is 0. The van der Waals surface area contributed by atoms with Crippen LogP contribution in [0.4, 0.5) is 0 Å². The number of hydrogen-bond donors (Lipinski definition) is 1. The Hall–Kier alpha value is -2.87. The second-order valence-corrected chi connectivity index (χ2v) is 5.31. The molecule has 2 amide bonds. The fraction of sp³-hybridized carbons (Fsp3) is 0.0667. The molecule has 0 atom stereocenters. The second-order valence-electron chi connectivity index (χ2n) is 4.38. The van der Waals surface area contributed by atoms with E-state index in [2.05, 4.69) is 15.5 Å². The van der Waals surface area contributed by atoms with E-state index in [1.54, 1.807) is 42.5 Å². The van der Waals surface area contributed by atoms with E-state index < -0.39 is 11.8 Å². The number of carbonyl (C=O) groups excluding carboxylic acids is 2. The van der Waals surface area contributed by atoms with Crippen molar-refractivity contribution in [2.24, 2.45) is 0 Å². The van der Waals surface area contributed by atoms with E-state index in [0.717, 1.165) is 11.8 Å². The molecule has 0 saturated heterocycles. The zero-order chi connectivity index (χ0) is 16.1. The fourth-order valence-corrected chi connectivity index (χ4v) is 2.28. The molecule has 0 radical (unpaired) electrons. The van der Waals surface area contributed by atoms with Crippen molar-refractivity contribution in [2.75, 3.05) is 5.75 Å². The van der Waals surface area contributed by atoms with Crippen molar-refractivity contribution in [1.82, 2.24) is 15.5 Å². The molecule has 1 aromatic carbocycles. The third-order valence-corrected chi connectivity index (χ3v) is 3.57. The van der Waals surface area contributed by atoms with E-state index in [1.807, 2.05) is 0 Å². The van der Waals surface area contributed by atoms with Crippen molar-refractivity contribution in [3.8, 4) is 11.7 Å². The smallest absolute Gasteiger partial charge is 0.284 e. The first-order valence-electron chi connectivity index (χ1n) is 6.62. The maximum absolute atomic E-state index is 11.8. The van der Waals surface area contributed by atoms with Gasteiger partial charge < -0.3 is 8.83 Å². The molecule has 2 heterocycles. The lowest BCUT2D eigenvalue weighted by Crippen LogP contribution is -2.31. The van der Waals surface area contributed by atoms with E-state index in [-0.39, 0.29) is 16.9 Å². The van der Waals surface area contributed by atoms with Gasteiger partial charge in [0, 0.05) is 5.56 Å².